The van der Waals surface area contributed by atoms with Crippen molar-refractivity contribution >= 4 is 11.8 Å². The van der Waals surface area contributed by atoms with Crippen LogP contribution in [0.15, 0.2) is 58.2 Å². The highest BCUT2D eigenvalue weighted by Gasteiger charge is 2.18. The van der Waals surface area contributed by atoms with Crippen molar-refractivity contribution in [3.63, 3.8) is 0 Å². The van der Waals surface area contributed by atoms with Crippen LogP contribution in [0.25, 0.3) is 22.8 Å². The molecule has 0 aliphatic heterocycles. The van der Waals surface area contributed by atoms with Crippen molar-refractivity contribution in [3.8, 4) is 28.5 Å². The Balaban J connectivity index is 1.50. The summed E-state index contributed by atoms with van der Waals surface area (Å²) in [6.45, 7) is 7.15. The predicted molar refractivity (Wildman–Crippen MR) is 121 cm³/mol. The van der Waals surface area contributed by atoms with Gasteiger partial charge in [0.2, 0.25) is 11.7 Å². The summed E-state index contributed by atoms with van der Waals surface area (Å²) in [6, 6.07) is 16.1. The molecule has 0 aliphatic rings. The average Bonchev–Trinajstić information content (AvgIpc) is 3.44. The second-order valence-corrected chi connectivity index (χ2v) is 8.27. The summed E-state index contributed by atoms with van der Waals surface area (Å²) < 4.78 is 13.0. The van der Waals surface area contributed by atoms with Gasteiger partial charge in [-0.25, -0.2) is 0 Å². The number of benzene rings is 2. The largest absolute Gasteiger partial charge is 0.496 e. The molecule has 0 unspecified atom stereocenters. The molecule has 0 radical (unpaired) electrons. The van der Waals surface area contributed by atoms with Gasteiger partial charge in [-0.05, 0) is 30.5 Å². The van der Waals surface area contributed by atoms with Gasteiger partial charge in [-0.2, -0.15) is 4.98 Å². The number of hydrogen-bond donors (Lipinski definition) is 0. The van der Waals surface area contributed by atoms with Gasteiger partial charge < -0.3 is 13.8 Å². The fourth-order valence-corrected chi connectivity index (χ4v) is 4.12. The molecule has 8 heteroatoms. The molecule has 2 aromatic heterocycles. The summed E-state index contributed by atoms with van der Waals surface area (Å²) >= 11 is 1.52. The molecule has 0 aliphatic carbocycles. The van der Waals surface area contributed by atoms with Crippen molar-refractivity contribution in [2.24, 2.45) is 0 Å². The van der Waals surface area contributed by atoms with Crippen LogP contribution in [0.3, 0.4) is 0 Å². The lowest BCUT2D eigenvalue weighted by Gasteiger charge is -2.09. The van der Waals surface area contributed by atoms with Gasteiger partial charge >= 0.3 is 0 Å². The summed E-state index contributed by atoms with van der Waals surface area (Å²) in [7, 11) is 1.66. The molecule has 2 heterocycles. The Morgan fingerprint density at radius 2 is 1.84 bits per heavy atom. The van der Waals surface area contributed by atoms with E-state index in [9.17, 15) is 0 Å². The second-order valence-electron chi connectivity index (χ2n) is 7.33. The molecule has 0 bridgehead atoms. The third-order valence-electron chi connectivity index (χ3n) is 5.01. The molecule has 0 saturated heterocycles. The van der Waals surface area contributed by atoms with Crippen LogP contribution in [0.4, 0.5) is 0 Å². The van der Waals surface area contributed by atoms with Crippen LogP contribution >= 0.6 is 11.8 Å². The van der Waals surface area contributed by atoms with Gasteiger partial charge in [-0.3, -0.25) is 0 Å². The smallest absolute Gasteiger partial charge is 0.237 e. The van der Waals surface area contributed by atoms with Gasteiger partial charge in [0.05, 0.1) is 18.4 Å². The lowest BCUT2D eigenvalue weighted by molar-refractivity contribution is 0.391. The molecule has 160 valence electrons. The van der Waals surface area contributed by atoms with E-state index >= 15 is 0 Å². The van der Waals surface area contributed by atoms with Gasteiger partial charge in [-0.15, -0.1) is 10.2 Å². The van der Waals surface area contributed by atoms with E-state index in [2.05, 4.69) is 57.8 Å². The molecule has 4 aromatic rings. The molecule has 0 spiro atoms. The minimum Gasteiger partial charge on any atom is -0.496 e. The third kappa shape index (κ3) is 4.49. The van der Waals surface area contributed by atoms with Crippen molar-refractivity contribution < 1.29 is 9.26 Å². The zero-order valence-corrected chi connectivity index (χ0v) is 18.9. The zero-order valence-electron chi connectivity index (χ0n) is 18.1. The van der Waals surface area contributed by atoms with E-state index in [0.717, 1.165) is 34.4 Å². The average molecular weight is 436 g/mol. The van der Waals surface area contributed by atoms with E-state index in [0.29, 0.717) is 23.4 Å². The topological polar surface area (TPSA) is 78.9 Å². The SMILES string of the molecule is CCn1c(SCc2nc(-c3ccc(C(C)C)cc3)no2)nnc1-c1ccccc1OC. The summed E-state index contributed by atoms with van der Waals surface area (Å²) in [5.74, 6) is 3.70. The maximum atomic E-state index is 5.48. The molecule has 31 heavy (non-hydrogen) atoms. The molecule has 4 rings (SSSR count). The van der Waals surface area contributed by atoms with Crippen LogP contribution in [0.5, 0.6) is 5.75 Å². The molecule has 0 amide bonds. The minimum atomic E-state index is 0.489. The van der Waals surface area contributed by atoms with E-state index in [4.69, 9.17) is 9.26 Å². The van der Waals surface area contributed by atoms with Crippen LogP contribution in [0.1, 0.15) is 38.1 Å². The van der Waals surface area contributed by atoms with E-state index in [-0.39, 0.29) is 0 Å². The lowest BCUT2D eigenvalue weighted by Crippen LogP contribution is -2.01. The van der Waals surface area contributed by atoms with Crippen molar-refractivity contribution in [1.29, 1.82) is 0 Å². The van der Waals surface area contributed by atoms with Gasteiger partial charge in [0.25, 0.3) is 0 Å². The summed E-state index contributed by atoms with van der Waals surface area (Å²) in [4.78, 5) is 4.54. The van der Waals surface area contributed by atoms with Gasteiger partial charge in [0.15, 0.2) is 11.0 Å². The standard InChI is InChI=1S/C23H25N5O2S/c1-5-28-22(18-8-6-7-9-19(18)29-4)25-26-23(28)31-14-20-24-21(27-30-20)17-12-10-16(11-13-17)15(2)3/h6-13,15H,5,14H2,1-4H3. The molecule has 0 N–H and O–H groups in total. The van der Waals surface area contributed by atoms with Crippen LogP contribution in [0.2, 0.25) is 0 Å². The monoisotopic (exact) mass is 435 g/mol. The van der Waals surface area contributed by atoms with Crippen LogP contribution in [-0.2, 0) is 12.3 Å². The summed E-state index contributed by atoms with van der Waals surface area (Å²) in [5, 5.41) is 13.7. The summed E-state index contributed by atoms with van der Waals surface area (Å²) in [6.07, 6.45) is 0. The van der Waals surface area contributed by atoms with Gasteiger partial charge in [-0.1, -0.05) is 67.2 Å². The first kappa shape index (κ1) is 21.1. The first-order chi connectivity index (χ1) is 15.1. The third-order valence-corrected chi connectivity index (χ3v) is 5.96. The number of nitrogens with zero attached hydrogens (tertiary/aromatic N) is 5. The maximum Gasteiger partial charge on any atom is 0.237 e. The fourth-order valence-electron chi connectivity index (χ4n) is 3.28. The predicted octanol–water partition coefficient (Wildman–Crippen LogP) is 5.44. The summed E-state index contributed by atoms with van der Waals surface area (Å²) in [5.41, 5.74) is 3.14. The highest BCUT2D eigenvalue weighted by atomic mass is 32.2. The van der Waals surface area contributed by atoms with Gasteiger partial charge in [0, 0.05) is 12.1 Å². The Kier molecular flexibility index (Phi) is 6.36. The molecule has 2 aromatic carbocycles. The van der Waals surface area contributed by atoms with E-state index in [1.54, 1.807) is 7.11 Å². The van der Waals surface area contributed by atoms with E-state index in [1.165, 1.54) is 17.3 Å². The normalized spacial score (nSPS) is 11.3. The lowest BCUT2D eigenvalue weighted by atomic mass is 10.0. The molecular formula is C23H25N5O2S. The fraction of sp³-hybridized carbons (Fsp3) is 0.304. The first-order valence-electron chi connectivity index (χ1n) is 10.2. The van der Waals surface area contributed by atoms with E-state index in [1.807, 2.05) is 36.4 Å². The van der Waals surface area contributed by atoms with Crippen molar-refractivity contribution in [1.82, 2.24) is 24.9 Å². The van der Waals surface area contributed by atoms with E-state index < -0.39 is 0 Å². The van der Waals surface area contributed by atoms with Gasteiger partial charge in [0.1, 0.15) is 5.75 Å². The number of thioether (sulfide) groups is 1. The van der Waals surface area contributed by atoms with Crippen molar-refractivity contribution in [3.05, 3.63) is 60.0 Å². The number of methoxy groups -OCH3 is 1. The minimum absolute atomic E-state index is 0.489. The van der Waals surface area contributed by atoms with Crippen LogP contribution < -0.4 is 4.74 Å². The zero-order chi connectivity index (χ0) is 21.8. The number of aromatic nitrogens is 5. The number of ether oxygens (including phenoxy) is 1. The number of rotatable bonds is 8. The first-order valence-corrected chi connectivity index (χ1v) is 11.2. The second kappa shape index (κ2) is 9.34. The molecule has 0 atom stereocenters. The number of hydrogen-bond acceptors (Lipinski definition) is 7. The molecule has 7 nitrogen and oxygen atoms in total. The highest BCUT2D eigenvalue weighted by Crippen LogP contribution is 2.31. The van der Waals surface area contributed by atoms with Crippen molar-refractivity contribution in [2.45, 2.75) is 44.1 Å². The van der Waals surface area contributed by atoms with Crippen LogP contribution in [0, 0.1) is 0 Å². The molecule has 0 saturated carbocycles. The van der Waals surface area contributed by atoms with Crippen molar-refractivity contribution in [2.75, 3.05) is 7.11 Å². The Labute approximate surface area is 185 Å². The Hall–Kier alpha value is -3.13. The Bertz CT molecular complexity index is 1150. The van der Waals surface area contributed by atoms with Crippen LogP contribution in [-0.4, -0.2) is 32.0 Å². The maximum absolute atomic E-state index is 5.48. The highest BCUT2D eigenvalue weighted by molar-refractivity contribution is 7.98. The Morgan fingerprint density at radius 1 is 1.06 bits per heavy atom. The Morgan fingerprint density at radius 3 is 2.55 bits per heavy atom. The quantitative estimate of drug-likeness (QED) is 0.341. The number of para-hydroxylation sites is 1. The molecule has 0 fully saturated rings. The molecular weight excluding hydrogens is 410 g/mol.